The molecule has 10 nitrogen and oxygen atoms in total. The van der Waals surface area contributed by atoms with E-state index >= 15 is 0 Å². The number of rotatable bonds is 14. The Morgan fingerprint density at radius 3 is 1.97 bits per heavy atom. The zero-order chi connectivity index (χ0) is 26.0. The van der Waals surface area contributed by atoms with Gasteiger partial charge in [-0.1, -0.05) is 13.8 Å². The molecule has 2 heterocycles. The molecule has 0 spiro atoms. The lowest BCUT2D eigenvalue weighted by molar-refractivity contribution is -0.182. The third kappa shape index (κ3) is 7.72. The summed E-state index contributed by atoms with van der Waals surface area (Å²) in [4.78, 5) is 58.2. The second-order valence-electron chi connectivity index (χ2n) is 10.2. The van der Waals surface area contributed by atoms with Crippen LogP contribution >= 0.6 is 0 Å². The van der Waals surface area contributed by atoms with E-state index in [0.29, 0.717) is 71.1 Å². The third-order valence-corrected chi connectivity index (χ3v) is 6.93. The highest BCUT2D eigenvalue weighted by atomic mass is 16.2. The Morgan fingerprint density at radius 2 is 1.40 bits per heavy atom. The largest absolute Gasteiger partial charge is 0.330 e. The van der Waals surface area contributed by atoms with E-state index in [4.69, 9.17) is 17.2 Å². The molecule has 35 heavy (non-hydrogen) atoms. The van der Waals surface area contributed by atoms with E-state index < -0.39 is 12.2 Å². The Hall–Kier alpha value is -2.04. The number of hydrogen-bond donors (Lipinski definition) is 3. The smallest absolute Gasteiger partial charge is 0.252 e. The van der Waals surface area contributed by atoms with Crippen LogP contribution in [0.5, 0.6) is 0 Å². The van der Waals surface area contributed by atoms with E-state index in [0.717, 1.165) is 12.8 Å². The fourth-order valence-corrected chi connectivity index (χ4v) is 5.15. The molecule has 6 N–H and O–H groups in total. The molecule has 0 aromatic carbocycles. The molecule has 4 amide bonds. The summed E-state index contributed by atoms with van der Waals surface area (Å²) in [7, 11) is 0. The number of unbranched alkanes of at least 4 members (excludes halogenated alkanes) is 3. The van der Waals surface area contributed by atoms with E-state index in [1.165, 1.54) is 4.90 Å². The van der Waals surface area contributed by atoms with Crippen LogP contribution in [-0.2, 0) is 19.2 Å². The molecule has 10 heteroatoms. The van der Waals surface area contributed by atoms with Gasteiger partial charge in [0.15, 0.2) is 0 Å². The fourth-order valence-electron chi connectivity index (χ4n) is 5.15. The number of piperazine rings is 1. The number of hydrogen-bond acceptors (Lipinski definition) is 7. The van der Waals surface area contributed by atoms with Gasteiger partial charge in [0.05, 0.1) is 12.5 Å². The summed E-state index contributed by atoms with van der Waals surface area (Å²) in [6.45, 7) is 5.93. The second-order valence-corrected chi connectivity index (χ2v) is 10.2. The number of carbonyl (C=O) groups excluding carboxylic acids is 4. The van der Waals surface area contributed by atoms with Crippen molar-refractivity contribution in [3.05, 3.63) is 0 Å². The molecule has 0 aromatic heterocycles. The Labute approximate surface area is 209 Å². The van der Waals surface area contributed by atoms with Crippen LogP contribution < -0.4 is 17.2 Å². The summed E-state index contributed by atoms with van der Waals surface area (Å²) in [5, 5.41) is 0. The van der Waals surface area contributed by atoms with Crippen LogP contribution in [0.15, 0.2) is 0 Å². The van der Waals surface area contributed by atoms with Gasteiger partial charge in [0.2, 0.25) is 17.7 Å². The third-order valence-electron chi connectivity index (χ3n) is 6.93. The van der Waals surface area contributed by atoms with Gasteiger partial charge in [-0.3, -0.25) is 24.1 Å². The molecule has 0 aromatic rings. The number of amides is 4. The van der Waals surface area contributed by atoms with Gasteiger partial charge in [-0.2, -0.15) is 0 Å². The fraction of sp³-hybridized carbons (Fsp3) is 0.840. The Morgan fingerprint density at radius 1 is 0.829 bits per heavy atom. The predicted octanol–water partition coefficient (Wildman–Crippen LogP) is 0.770. The number of fused-ring (bicyclic) bond motifs is 1. The molecule has 0 saturated carbocycles. The standard InChI is InChI=1S/C25H46N6O4/c1-18(2)15-19-16-29(22(32)10-4-7-13-27)21-17-30(23(33)11-5-8-14-28)25(35)20(9-3-6-12-26)31(21)24(19)34/h18-21H,3-17,26-28H2,1-2H3/t19-,20+,21+/m0/s1. The lowest BCUT2D eigenvalue weighted by Gasteiger charge is -2.54. The summed E-state index contributed by atoms with van der Waals surface area (Å²) < 4.78 is 0. The highest BCUT2D eigenvalue weighted by Gasteiger charge is 2.52. The first kappa shape index (κ1) is 29.2. The number of carbonyl (C=O) groups is 4. The van der Waals surface area contributed by atoms with Crippen molar-refractivity contribution in [1.29, 1.82) is 0 Å². The summed E-state index contributed by atoms with van der Waals surface area (Å²) in [6, 6.07) is -0.763. The van der Waals surface area contributed by atoms with Gasteiger partial charge < -0.3 is 27.0 Å². The number of nitrogens with zero attached hydrogens (tertiary/aromatic N) is 3. The minimum Gasteiger partial charge on any atom is -0.330 e. The zero-order valence-electron chi connectivity index (χ0n) is 21.6. The lowest BCUT2D eigenvalue weighted by Crippen LogP contribution is -2.73. The van der Waals surface area contributed by atoms with Crippen LogP contribution in [0.3, 0.4) is 0 Å². The Kier molecular flexibility index (Phi) is 12.1. The molecule has 2 aliphatic heterocycles. The average molecular weight is 495 g/mol. The van der Waals surface area contributed by atoms with Gasteiger partial charge in [-0.05, 0) is 76.9 Å². The van der Waals surface area contributed by atoms with Crippen molar-refractivity contribution < 1.29 is 19.2 Å². The number of nitrogens with two attached hydrogens (primary N) is 3. The first-order valence-electron chi connectivity index (χ1n) is 13.3. The molecule has 2 aliphatic rings. The molecule has 3 atom stereocenters. The van der Waals surface area contributed by atoms with Crippen LogP contribution in [0, 0.1) is 11.8 Å². The minimum atomic E-state index is -0.763. The van der Waals surface area contributed by atoms with Crippen molar-refractivity contribution in [3.8, 4) is 0 Å². The van der Waals surface area contributed by atoms with E-state index in [9.17, 15) is 19.2 Å². The van der Waals surface area contributed by atoms with Crippen molar-refractivity contribution in [2.75, 3.05) is 32.7 Å². The molecule has 0 aliphatic carbocycles. The molecule has 2 saturated heterocycles. The normalized spacial score (nSPS) is 22.7. The summed E-state index contributed by atoms with van der Waals surface area (Å²) in [5.41, 5.74) is 16.9. The maximum Gasteiger partial charge on any atom is 0.252 e. The quantitative estimate of drug-likeness (QED) is 0.301. The summed E-state index contributed by atoms with van der Waals surface area (Å²) in [6.07, 6.45) is 5.09. The van der Waals surface area contributed by atoms with E-state index in [1.54, 1.807) is 9.80 Å². The second kappa shape index (κ2) is 14.5. The molecule has 0 unspecified atom stereocenters. The van der Waals surface area contributed by atoms with Crippen molar-refractivity contribution in [3.63, 3.8) is 0 Å². The van der Waals surface area contributed by atoms with Gasteiger partial charge in [0.1, 0.15) is 12.2 Å². The molecule has 200 valence electrons. The van der Waals surface area contributed by atoms with Gasteiger partial charge in [-0.25, -0.2) is 0 Å². The molecular weight excluding hydrogens is 448 g/mol. The minimum absolute atomic E-state index is 0.0243. The Bertz CT molecular complexity index is 731. The molecule has 2 fully saturated rings. The van der Waals surface area contributed by atoms with Crippen molar-refractivity contribution >= 4 is 23.6 Å². The average Bonchev–Trinajstić information content (AvgIpc) is 2.81. The van der Waals surface area contributed by atoms with E-state index in [-0.39, 0.29) is 48.4 Å². The van der Waals surface area contributed by atoms with Crippen molar-refractivity contribution in [2.45, 2.75) is 90.3 Å². The van der Waals surface area contributed by atoms with Crippen LogP contribution in [0.2, 0.25) is 0 Å². The van der Waals surface area contributed by atoms with Crippen molar-refractivity contribution in [1.82, 2.24) is 14.7 Å². The topological polar surface area (TPSA) is 156 Å². The number of imide groups is 1. The van der Waals surface area contributed by atoms with Gasteiger partial charge in [0, 0.05) is 19.4 Å². The summed E-state index contributed by atoms with van der Waals surface area (Å²) in [5.74, 6) is -0.839. The predicted molar refractivity (Wildman–Crippen MR) is 135 cm³/mol. The van der Waals surface area contributed by atoms with Crippen LogP contribution in [0.25, 0.3) is 0 Å². The lowest BCUT2D eigenvalue weighted by atomic mass is 9.89. The van der Waals surface area contributed by atoms with E-state index in [1.807, 2.05) is 0 Å². The van der Waals surface area contributed by atoms with Gasteiger partial charge in [0.25, 0.3) is 5.91 Å². The molecular formula is C25H46N6O4. The molecule has 2 rings (SSSR count). The maximum atomic E-state index is 13.7. The first-order chi connectivity index (χ1) is 16.8. The van der Waals surface area contributed by atoms with Gasteiger partial charge >= 0.3 is 0 Å². The Balaban J connectivity index is 2.38. The SMILES string of the molecule is CC(C)C[C@H]1CN(C(=O)CCCCN)[C@H]2CN(C(=O)CCCCN)C(=O)[C@@H](CCCCN)N2C1=O. The van der Waals surface area contributed by atoms with Gasteiger partial charge in [-0.15, -0.1) is 0 Å². The van der Waals surface area contributed by atoms with Crippen molar-refractivity contribution in [2.24, 2.45) is 29.0 Å². The first-order valence-corrected chi connectivity index (χ1v) is 13.3. The van der Waals surface area contributed by atoms with Crippen LogP contribution in [-0.4, -0.2) is 83.3 Å². The zero-order valence-corrected chi connectivity index (χ0v) is 21.6. The monoisotopic (exact) mass is 494 g/mol. The molecule has 0 bridgehead atoms. The van der Waals surface area contributed by atoms with Crippen LogP contribution in [0.1, 0.15) is 78.1 Å². The summed E-state index contributed by atoms with van der Waals surface area (Å²) >= 11 is 0. The van der Waals surface area contributed by atoms with Crippen LogP contribution in [0.4, 0.5) is 0 Å². The highest BCUT2D eigenvalue weighted by molar-refractivity contribution is 6.01. The molecule has 0 radical (unpaired) electrons. The maximum absolute atomic E-state index is 13.7. The van der Waals surface area contributed by atoms with E-state index in [2.05, 4.69) is 13.8 Å². The highest BCUT2D eigenvalue weighted by Crippen LogP contribution is 2.33.